The minimum Gasteiger partial charge on any atom is -0.459 e. The number of ether oxygens (including phenoxy) is 2. The summed E-state index contributed by atoms with van der Waals surface area (Å²) in [5.41, 5.74) is 0. The smallest absolute Gasteiger partial charge is 0.407 e. The largest absolute Gasteiger partial charge is 0.459 e. The maximum absolute atomic E-state index is 10.4. The zero-order valence-electron chi connectivity index (χ0n) is 6.84. The van der Waals surface area contributed by atoms with Crippen LogP contribution in [0.1, 0.15) is 0 Å². The van der Waals surface area contributed by atoms with Crippen LogP contribution < -0.4 is 5.32 Å². The molecule has 0 aliphatic heterocycles. The van der Waals surface area contributed by atoms with Crippen LogP contribution in [-0.4, -0.2) is 32.8 Å². The Bertz CT molecular complexity index is 225. The van der Waals surface area contributed by atoms with Crippen molar-refractivity contribution < 1.29 is 19.1 Å². The highest BCUT2D eigenvalue weighted by molar-refractivity contribution is 5.88. The Kier molecular flexibility index (Phi) is 5.18. The molecule has 0 atom stereocenters. The highest BCUT2D eigenvalue weighted by atomic mass is 16.5. The van der Waals surface area contributed by atoms with Crippen LogP contribution in [-0.2, 0) is 14.3 Å². The van der Waals surface area contributed by atoms with Crippen LogP contribution in [0.3, 0.4) is 0 Å². The van der Waals surface area contributed by atoms with E-state index in [2.05, 4.69) is 26.6 Å². The number of hydrogen-bond donors (Lipinski definition) is 1. The zero-order chi connectivity index (χ0) is 9.40. The quantitative estimate of drug-likeness (QED) is 0.329. The molecule has 0 aromatic carbocycles. The average molecular weight is 171 g/mol. The number of rotatable bonds is 1. The maximum atomic E-state index is 10.4. The monoisotopic (exact) mass is 171 g/mol. The molecule has 0 unspecified atom stereocenters. The van der Waals surface area contributed by atoms with Gasteiger partial charge in [0.05, 0.1) is 7.11 Å². The van der Waals surface area contributed by atoms with E-state index in [0.717, 1.165) is 0 Å². The number of carbonyl (C=O) groups is 2. The van der Waals surface area contributed by atoms with Gasteiger partial charge < -0.3 is 14.8 Å². The van der Waals surface area contributed by atoms with E-state index in [1.165, 1.54) is 14.2 Å². The molecule has 5 heteroatoms. The van der Waals surface area contributed by atoms with Gasteiger partial charge in [0.15, 0.2) is 6.61 Å². The molecule has 0 fully saturated rings. The van der Waals surface area contributed by atoms with Crippen molar-refractivity contribution in [3.05, 3.63) is 0 Å². The van der Waals surface area contributed by atoms with Gasteiger partial charge in [-0.25, -0.2) is 9.59 Å². The third-order valence-electron chi connectivity index (χ3n) is 0.855. The minimum atomic E-state index is -0.657. The molecular formula is C7H9NO4. The summed E-state index contributed by atoms with van der Waals surface area (Å²) < 4.78 is 8.67. The summed E-state index contributed by atoms with van der Waals surface area (Å²) in [5, 5.41) is 2.22. The Morgan fingerprint density at radius 2 is 2.17 bits per heavy atom. The normalized spacial score (nSPS) is 7.50. The van der Waals surface area contributed by atoms with Crippen LogP contribution in [0.5, 0.6) is 0 Å². The van der Waals surface area contributed by atoms with Crippen molar-refractivity contribution in [3.63, 3.8) is 0 Å². The van der Waals surface area contributed by atoms with Crippen LogP contribution in [0.25, 0.3) is 0 Å². The Hall–Kier alpha value is -1.70. The molecule has 0 spiro atoms. The van der Waals surface area contributed by atoms with Gasteiger partial charge in [-0.05, 0) is 5.92 Å². The van der Waals surface area contributed by atoms with Gasteiger partial charge in [-0.2, -0.15) is 0 Å². The third kappa shape index (κ3) is 5.11. The van der Waals surface area contributed by atoms with Gasteiger partial charge >= 0.3 is 12.1 Å². The van der Waals surface area contributed by atoms with E-state index in [-0.39, 0.29) is 6.61 Å². The number of amides is 1. The van der Waals surface area contributed by atoms with Gasteiger partial charge in [-0.15, -0.1) is 0 Å². The van der Waals surface area contributed by atoms with Crippen molar-refractivity contribution >= 4 is 12.1 Å². The van der Waals surface area contributed by atoms with E-state index < -0.39 is 12.1 Å². The summed E-state index contributed by atoms with van der Waals surface area (Å²) in [6.07, 6.45) is -0.589. The van der Waals surface area contributed by atoms with E-state index in [4.69, 9.17) is 0 Å². The fourth-order valence-corrected chi connectivity index (χ4v) is 0.333. The van der Waals surface area contributed by atoms with Crippen LogP contribution in [0.15, 0.2) is 0 Å². The zero-order valence-corrected chi connectivity index (χ0v) is 6.84. The lowest BCUT2D eigenvalue weighted by Gasteiger charge is -1.96. The summed E-state index contributed by atoms with van der Waals surface area (Å²) in [7, 11) is 2.65. The second-order valence-corrected chi connectivity index (χ2v) is 1.62. The molecule has 1 amide bonds. The standard InChI is InChI=1S/C7H9NO4/c1-8-7(10)12-5-3-4-6(9)11-2/h5H2,1-2H3,(H,8,10). The fourth-order valence-electron chi connectivity index (χ4n) is 0.333. The number of carbonyl (C=O) groups excluding carboxylic acids is 2. The second-order valence-electron chi connectivity index (χ2n) is 1.62. The van der Waals surface area contributed by atoms with Gasteiger partial charge in [-0.1, -0.05) is 0 Å². The van der Waals surface area contributed by atoms with Gasteiger partial charge in [0.25, 0.3) is 0 Å². The lowest BCUT2D eigenvalue weighted by atomic mass is 10.6. The topological polar surface area (TPSA) is 64.6 Å². The van der Waals surface area contributed by atoms with E-state index in [1.54, 1.807) is 0 Å². The van der Waals surface area contributed by atoms with E-state index in [0.29, 0.717) is 0 Å². The predicted octanol–water partition coefficient (Wildman–Crippen LogP) is -0.481. The van der Waals surface area contributed by atoms with Gasteiger partial charge in [0, 0.05) is 13.0 Å². The number of nitrogens with one attached hydrogen (secondary N) is 1. The minimum absolute atomic E-state index is 0.130. The molecule has 5 nitrogen and oxygen atoms in total. The molecule has 66 valence electrons. The molecule has 0 aliphatic carbocycles. The first kappa shape index (κ1) is 10.3. The second kappa shape index (κ2) is 6.04. The van der Waals surface area contributed by atoms with Crippen LogP contribution in [0.4, 0.5) is 4.79 Å². The van der Waals surface area contributed by atoms with Crippen molar-refractivity contribution in [1.82, 2.24) is 5.32 Å². The fraction of sp³-hybridized carbons (Fsp3) is 0.429. The first-order valence-electron chi connectivity index (χ1n) is 3.12. The molecule has 0 heterocycles. The Labute approximate surface area is 70.0 Å². The van der Waals surface area contributed by atoms with Crippen LogP contribution in [0, 0.1) is 11.8 Å². The number of methoxy groups -OCH3 is 1. The van der Waals surface area contributed by atoms with E-state index in [9.17, 15) is 9.59 Å². The van der Waals surface area contributed by atoms with Gasteiger partial charge in [0.1, 0.15) is 0 Å². The number of alkyl carbamates (subject to hydrolysis) is 1. The number of esters is 1. The summed E-state index contributed by atoms with van der Waals surface area (Å²) in [6, 6.07) is 0. The van der Waals surface area contributed by atoms with E-state index >= 15 is 0 Å². The molecule has 0 radical (unpaired) electrons. The summed E-state index contributed by atoms with van der Waals surface area (Å²) in [6.45, 7) is -0.130. The van der Waals surface area contributed by atoms with Crippen molar-refractivity contribution in [1.29, 1.82) is 0 Å². The lowest BCUT2D eigenvalue weighted by Crippen LogP contribution is -2.19. The molecule has 0 bridgehead atoms. The molecule has 1 N–H and O–H groups in total. The van der Waals surface area contributed by atoms with Gasteiger partial charge in [-0.3, -0.25) is 0 Å². The number of hydrogen-bond acceptors (Lipinski definition) is 4. The predicted molar refractivity (Wildman–Crippen MR) is 40.2 cm³/mol. The van der Waals surface area contributed by atoms with Gasteiger partial charge in [0.2, 0.25) is 0 Å². The van der Waals surface area contributed by atoms with Crippen LogP contribution >= 0.6 is 0 Å². The Balaban J connectivity index is 3.59. The molecular weight excluding hydrogens is 162 g/mol. The molecule has 0 rings (SSSR count). The van der Waals surface area contributed by atoms with Crippen molar-refractivity contribution in [2.45, 2.75) is 0 Å². The molecule has 0 aliphatic rings. The van der Waals surface area contributed by atoms with Crippen molar-refractivity contribution in [2.24, 2.45) is 0 Å². The molecule has 0 aromatic rings. The van der Waals surface area contributed by atoms with E-state index in [1.807, 2.05) is 0 Å². The maximum Gasteiger partial charge on any atom is 0.407 e. The Morgan fingerprint density at radius 3 is 2.67 bits per heavy atom. The SMILES string of the molecule is CNC(=O)OCC#CC(=O)OC. The molecule has 0 saturated heterocycles. The van der Waals surface area contributed by atoms with Crippen molar-refractivity contribution in [2.75, 3.05) is 20.8 Å². The summed E-state index contributed by atoms with van der Waals surface area (Å²) in [4.78, 5) is 20.8. The highest BCUT2D eigenvalue weighted by Crippen LogP contribution is 1.74. The average Bonchev–Trinajstić information content (AvgIpc) is 2.11. The summed E-state index contributed by atoms with van der Waals surface area (Å²) >= 11 is 0. The highest BCUT2D eigenvalue weighted by Gasteiger charge is 1.93. The molecule has 12 heavy (non-hydrogen) atoms. The lowest BCUT2D eigenvalue weighted by molar-refractivity contribution is -0.133. The summed E-state index contributed by atoms with van der Waals surface area (Å²) in [5.74, 6) is 3.73. The first-order valence-corrected chi connectivity index (χ1v) is 3.12. The molecule has 0 aromatic heterocycles. The third-order valence-corrected chi connectivity index (χ3v) is 0.855. The first-order chi connectivity index (χ1) is 5.70. The van der Waals surface area contributed by atoms with Crippen molar-refractivity contribution in [3.8, 4) is 11.8 Å². The molecule has 0 saturated carbocycles. The van der Waals surface area contributed by atoms with Crippen LogP contribution in [0.2, 0.25) is 0 Å². The Morgan fingerprint density at radius 1 is 1.50 bits per heavy atom.